The van der Waals surface area contributed by atoms with E-state index in [4.69, 9.17) is 5.73 Å². The number of nitrogens with zero attached hydrogens (tertiary/aromatic N) is 1. The molecule has 1 saturated carbocycles. The fourth-order valence-electron chi connectivity index (χ4n) is 2.29. The van der Waals surface area contributed by atoms with Gasteiger partial charge in [-0.2, -0.15) is 0 Å². The Hall–Kier alpha value is -0.610. The molecule has 0 aromatic heterocycles. The number of amides is 1. The first-order chi connectivity index (χ1) is 7.03. The predicted octanol–water partition coefficient (Wildman–Crippen LogP) is 0.0766. The zero-order valence-electron chi connectivity index (χ0n) is 9.62. The van der Waals surface area contributed by atoms with Gasteiger partial charge in [-0.15, -0.1) is 0 Å². The summed E-state index contributed by atoms with van der Waals surface area (Å²) in [6, 6.07) is 1.02. The van der Waals surface area contributed by atoms with E-state index < -0.39 is 5.54 Å². The van der Waals surface area contributed by atoms with Crippen LogP contribution in [0.1, 0.15) is 33.1 Å². The minimum atomic E-state index is -0.453. The van der Waals surface area contributed by atoms with Gasteiger partial charge in [0.15, 0.2) is 0 Å². The first-order valence-corrected chi connectivity index (χ1v) is 5.85. The summed E-state index contributed by atoms with van der Waals surface area (Å²) in [7, 11) is 0. The zero-order valence-corrected chi connectivity index (χ0v) is 9.62. The number of primary amides is 1. The number of carbonyl (C=O) groups excluding carboxylic acids is 1. The van der Waals surface area contributed by atoms with Crippen LogP contribution in [0.4, 0.5) is 0 Å². The number of hydrogen-bond donors (Lipinski definition) is 2. The Morgan fingerprint density at radius 3 is 2.60 bits per heavy atom. The van der Waals surface area contributed by atoms with Gasteiger partial charge in [0.2, 0.25) is 5.91 Å². The molecule has 4 heteroatoms. The lowest BCUT2D eigenvalue weighted by Crippen LogP contribution is -2.58. The monoisotopic (exact) mass is 211 g/mol. The topological polar surface area (TPSA) is 58.4 Å². The third kappa shape index (κ3) is 2.16. The van der Waals surface area contributed by atoms with Crippen molar-refractivity contribution in [1.82, 2.24) is 10.2 Å². The van der Waals surface area contributed by atoms with E-state index in [1.165, 1.54) is 12.8 Å². The van der Waals surface area contributed by atoms with Crippen molar-refractivity contribution in [3.63, 3.8) is 0 Å². The van der Waals surface area contributed by atoms with Gasteiger partial charge in [0, 0.05) is 25.2 Å². The van der Waals surface area contributed by atoms with Crippen molar-refractivity contribution >= 4 is 5.91 Å². The minimum absolute atomic E-state index is 0.183. The second-order valence-electron chi connectivity index (χ2n) is 5.18. The lowest BCUT2D eigenvalue weighted by atomic mass is 9.97. The summed E-state index contributed by atoms with van der Waals surface area (Å²) in [5.74, 6) is -0.183. The summed E-state index contributed by atoms with van der Waals surface area (Å²) < 4.78 is 0. The summed E-state index contributed by atoms with van der Waals surface area (Å²) >= 11 is 0. The molecule has 1 saturated heterocycles. The Morgan fingerprint density at radius 2 is 2.20 bits per heavy atom. The third-order valence-corrected chi connectivity index (χ3v) is 3.56. The van der Waals surface area contributed by atoms with Crippen LogP contribution in [0.25, 0.3) is 0 Å². The lowest BCUT2D eigenvalue weighted by molar-refractivity contribution is -0.124. The summed E-state index contributed by atoms with van der Waals surface area (Å²) in [5.41, 5.74) is 5.09. The van der Waals surface area contributed by atoms with Crippen molar-refractivity contribution in [2.45, 2.75) is 50.7 Å². The fourth-order valence-corrected chi connectivity index (χ4v) is 2.29. The Morgan fingerprint density at radius 1 is 1.53 bits per heavy atom. The van der Waals surface area contributed by atoms with E-state index in [-0.39, 0.29) is 5.91 Å². The normalized spacial score (nSPS) is 32.5. The highest BCUT2D eigenvalue weighted by atomic mass is 16.1. The number of nitrogens with two attached hydrogens (primary N) is 1. The number of likely N-dealkylation sites (tertiary alicyclic amines) is 1. The van der Waals surface area contributed by atoms with Crippen molar-refractivity contribution in [3.8, 4) is 0 Å². The van der Waals surface area contributed by atoms with Crippen molar-refractivity contribution in [2.24, 2.45) is 5.73 Å². The molecule has 0 aromatic rings. The number of nitrogens with one attached hydrogen (secondary N) is 1. The maximum absolute atomic E-state index is 11.6. The molecule has 2 aliphatic rings. The fraction of sp³-hybridized carbons (Fsp3) is 0.909. The van der Waals surface area contributed by atoms with E-state index in [1.54, 1.807) is 0 Å². The molecule has 86 valence electrons. The molecule has 0 bridgehead atoms. The zero-order chi connectivity index (χ0) is 11.1. The van der Waals surface area contributed by atoms with Crippen molar-refractivity contribution in [1.29, 1.82) is 0 Å². The van der Waals surface area contributed by atoms with Gasteiger partial charge in [-0.3, -0.25) is 15.0 Å². The van der Waals surface area contributed by atoms with Crippen LogP contribution in [-0.2, 0) is 4.79 Å². The largest absolute Gasteiger partial charge is 0.368 e. The SMILES string of the molecule is CC(C)N1CCC(NC2CC2)(C(N)=O)C1. The van der Waals surface area contributed by atoms with Crippen LogP contribution in [0.5, 0.6) is 0 Å². The molecular weight excluding hydrogens is 190 g/mol. The van der Waals surface area contributed by atoms with Gasteiger partial charge in [0.25, 0.3) is 0 Å². The van der Waals surface area contributed by atoms with E-state index in [0.29, 0.717) is 12.1 Å². The number of hydrogen-bond acceptors (Lipinski definition) is 3. The molecule has 4 nitrogen and oxygen atoms in total. The van der Waals surface area contributed by atoms with Crippen LogP contribution in [0.2, 0.25) is 0 Å². The van der Waals surface area contributed by atoms with Crippen molar-refractivity contribution in [2.75, 3.05) is 13.1 Å². The van der Waals surface area contributed by atoms with Gasteiger partial charge in [0.05, 0.1) is 0 Å². The van der Waals surface area contributed by atoms with Crippen LogP contribution in [0, 0.1) is 0 Å². The van der Waals surface area contributed by atoms with Gasteiger partial charge >= 0.3 is 0 Å². The summed E-state index contributed by atoms with van der Waals surface area (Å²) in [6.45, 7) is 6.07. The minimum Gasteiger partial charge on any atom is -0.368 e. The molecule has 1 unspecified atom stereocenters. The highest BCUT2D eigenvalue weighted by Gasteiger charge is 2.46. The van der Waals surface area contributed by atoms with E-state index in [0.717, 1.165) is 19.5 Å². The molecule has 15 heavy (non-hydrogen) atoms. The van der Waals surface area contributed by atoms with Crippen LogP contribution in [-0.4, -0.2) is 41.5 Å². The third-order valence-electron chi connectivity index (χ3n) is 3.56. The van der Waals surface area contributed by atoms with Gasteiger partial charge in [-0.25, -0.2) is 0 Å². The van der Waals surface area contributed by atoms with E-state index in [1.807, 2.05) is 0 Å². The highest BCUT2D eigenvalue weighted by molar-refractivity contribution is 5.85. The Bertz CT molecular complexity index is 263. The molecule has 2 fully saturated rings. The van der Waals surface area contributed by atoms with Gasteiger partial charge < -0.3 is 5.73 Å². The maximum Gasteiger partial charge on any atom is 0.239 e. The average molecular weight is 211 g/mol. The average Bonchev–Trinajstić information content (AvgIpc) is 2.82. The Balaban J connectivity index is 2.04. The molecule has 3 N–H and O–H groups in total. The van der Waals surface area contributed by atoms with Crippen molar-refractivity contribution < 1.29 is 4.79 Å². The predicted molar refractivity (Wildman–Crippen MR) is 59.4 cm³/mol. The molecule has 1 heterocycles. The Labute approximate surface area is 91.2 Å². The molecule has 0 spiro atoms. The maximum atomic E-state index is 11.6. The smallest absolute Gasteiger partial charge is 0.239 e. The molecule has 0 radical (unpaired) electrons. The van der Waals surface area contributed by atoms with Crippen LogP contribution in [0.3, 0.4) is 0 Å². The highest BCUT2D eigenvalue weighted by Crippen LogP contribution is 2.29. The number of rotatable bonds is 4. The summed E-state index contributed by atoms with van der Waals surface area (Å²) in [5, 5.41) is 3.43. The quantitative estimate of drug-likeness (QED) is 0.692. The standard InChI is InChI=1S/C11H21N3O/c1-8(2)14-6-5-11(7-14,10(12)15)13-9-3-4-9/h8-9,13H,3-7H2,1-2H3,(H2,12,15). The van der Waals surface area contributed by atoms with E-state index >= 15 is 0 Å². The molecule has 0 aromatic carbocycles. The molecule has 1 aliphatic carbocycles. The number of carbonyl (C=O) groups is 1. The Kier molecular flexibility index (Phi) is 2.73. The van der Waals surface area contributed by atoms with E-state index in [9.17, 15) is 4.79 Å². The van der Waals surface area contributed by atoms with Gasteiger partial charge in [-0.1, -0.05) is 0 Å². The van der Waals surface area contributed by atoms with Crippen LogP contribution < -0.4 is 11.1 Å². The summed E-state index contributed by atoms with van der Waals surface area (Å²) in [4.78, 5) is 13.9. The molecule has 2 rings (SSSR count). The first kappa shape index (κ1) is 10.9. The molecular formula is C11H21N3O. The van der Waals surface area contributed by atoms with E-state index in [2.05, 4.69) is 24.1 Å². The van der Waals surface area contributed by atoms with Gasteiger partial charge in [-0.05, 0) is 33.1 Å². The molecule has 1 atom stereocenters. The van der Waals surface area contributed by atoms with Gasteiger partial charge in [0.1, 0.15) is 5.54 Å². The van der Waals surface area contributed by atoms with Crippen LogP contribution >= 0.6 is 0 Å². The van der Waals surface area contributed by atoms with Crippen molar-refractivity contribution in [3.05, 3.63) is 0 Å². The summed E-state index contributed by atoms with van der Waals surface area (Å²) in [6.07, 6.45) is 3.24. The molecule has 1 amide bonds. The first-order valence-electron chi connectivity index (χ1n) is 5.85. The molecule has 1 aliphatic heterocycles. The van der Waals surface area contributed by atoms with Crippen LogP contribution in [0.15, 0.2) is 0 Å². The lowest BCUT2D eigenvalue weighted by Gasteiger charge is -2.28. The second kappa shape index (κ2) is 3.76. The second-order valence-corrected chi connectivity index (χ2v) is 5.18.